The molecule has 0 atom stereocenters. The van der Waals surface area contributed by atoms with E-state index >= 15 is 0 Å². The fourth-order valence-corrected chi connectivity index (χ4v) is 2.05. The highest BCUT2D eigenvalue weighted by Gasteiger charge is 2.06. The van der Waals surface area contributed by atoms with Crippen molar-refractivity contribution >= 4 is 34.1 Å². The zero-order chi connectivity index (χ0) is 10.4. The van der Waals surface area contributed by atoms with Crippen molar-refractivity contribution in [3.8, 4) is 0 Å². The normalized spacial score (nSPS) is 10.1. The van der Waals surface area contributed by atoms with Crippen molar-refractivity contribution in [1.82, 2.24) is 10.2 Å². The van der Waals surface area contributed by atoms with E-state index < -0.39 is 0 Å². The van der Waals surface area contributed by atoms with Gasteiger partial charge in [0.05, 0.1) is 0 Å². The summed E-state index contributed by atoms with van der Waals surface area (Å²) in [5, 5.41) is 11.1. The highest BCUT2D eigenvalue weighted by Crippen LogP contribution is 2.23. The average Bonchev–Trinajstić information content (AvgIpc) is 2.62. The summed E-state index contributed by atoms with van der Waals surface area (Å²) in [7, 11) is 0. The number of nitrogens with zero attached hydrogens (tertiary/aromatic N) is 2. The first kappa shape index (κ1) is 11.5. The summed E-state index contributed by atoms with van der Waals surface area (Å²) in [5.41, 5.74) is 0. The summed E-state index contributed by atoms with van der Waals surface area (Å²) in [6.45, 7) is 2.06. The fourth-order valence-electron chi connectivity index (χ4n) is 0.862. The molecule has 0 aliphatic heterocycles. The molecule has 0 fully saturated rings. The summed E-state index contributed by atoms with van der Waals surface area (Å²) in [6.07, 6.45) is 4.44. The molecule has 1 aromatic heterocycles. The van der Waals surface area contributed by atoms with Gasteiger partial charge < -0.3 is 5.32 Å². The zero-order valence-electron chi connectivity index (χ0n) is 8.24. The SMILES string of the molecule is CCCCC(=O)Nc1nnc(SC)s1. The number of amides is 1. The lowest BCUT2D eigenvalue weighted by Crippen LogP contribution is -2.10. The number of unbranched alkanes of at least 4 members (excludes halogenated alkanes) is 1. The lowest BCUT2D eigenvalue weighted by Gasteiger charge is -1.98. The molecule has 1 N–H and O–H groups in total. The maximum atomic E-state index is 11.3. The molecule has 1 aromatic rings. The van der Waals surface area contributed by atoms with E-state index in [4.69, 9.17) is 0 Å². The van der Waals surface area contributed by atoms with Crippen LogP contribution in [-0.4, -0.2) is 22.4 Å². The van der Waals surface area contributed by atoms with Crippen LogP contribution in [0.15, 0.2) is 4.34 Å². The van der Waals surface area contributed by atoms with E-state index in [1.54, 1.807) is 0 Å². The van der Waals surface area contributed by atoms with Crippen LogP contribution in [0.3, 0.4) is 0 Å². The van der Waals surface area contributed by atoms with Crippen LogP contribution in [-0.2, 0) is 4.79 Å². The maximum Gasteiger partial charge on any atom is 0.226 e. The van der Waals surface area contributed by atoms with Gasteiger partial charge in [-0.2, -0.15) is 0 Å². The Morgan fingerprint density at radius 1 is 1.57 bits per heavy atom. The predicted molar refractivity (Wildman–Crippen MR) is 59.8 cm³/mol. The van der Waals surface area contributed by atoms with Crippen LogP contribution in [0, 0.1) is 0 Å². The topological polar surface area (TPSA) is 54.9 Å². The number of aromatic nitrogens is 2. The van der Waals surface area contributed by atoms with E-state index in [9.17, 15) is 4.79 Å². The molecule has 0 radical (unpaired) electrons. The van der Waals surface area contributed by atoms with Crippen LogP contribution < -0.4 is 5.32 Å². The first-order chi connectivity index (χ1) is 6.76. The largest absolute Gasteiger partial charge is 0.301 e. The van der Waals surface area contributed by atoms with Gasteiger partial charge in [-0.1, -0.05) is 36.4 Å². The van der Waals surface area contributed by atoms with E-state index in [1.807, 2.05) is 6.26 Å². The van der Waals surface area contributed by atoms with Crippen LogP contribution >= 0.6 is 23.1 Å². The van der Waals surface area contributed by atoms with Crippen LogP contribution in [0.1, 0.15) is 26.2 Å². The molecule has 1 amide bonds. The van der Waals surface area contributed by atoms with Gasteiger partial charge in [0.25, 0.3) is 0 Å². The summed E-state index contributed by atoms with van der Waals surface area (Å²) in [6, 6.07) is 0. The second-order valence-corrected chi connectivity index (χ2v) is 4.76. The van der Waals surface area contributed by atoms with Gasteiger partial charge in [-0.15, -0.1) is 10.2 Å². The molecule has 1 rings (SSSR count). The number of hydrogen-bond acceptors (Lipinski definition) is 5. The van der Waals surface area contributed by atoms with E-state index in [0.717, 1.165) is 17.2 Å². The molecule has 0 aliphatic carbocycles. The van der Waals surface area contributed by atoms with Gasteiger partial charge in [-0.05, 0) is 12.7 Å². The van der Waals surface area contributed by atoms with E-state index in [2.05, 4.69) is 22.4 Å². The first-order valence-electron chi connectivity index (χ1n) is 4.43. The van der Waals surface area contributed by atoms with Gasteiger partial charge in [0.15, 0.2) is 4.34 Å². The minimum absolute atomic E-state index is 0.0238. The Labute approximate surface area is 91.5 Å². The predicted octanol–water partition coefficient (Wildman–Crippen LogP) is 2.39. The third kappa shape index (κ3) is 3.63. The lowest BCUT2D eigenvalue weighted by atomic mass is 10.2. The minimum Gasteiger partial charge on any atom is -0.301 e. The average molecular weight is 231 g/mol. The van der Waals surface area contributed by atoms with Crippen molar-refractivity contribution in [3.63, 3.8) is 0 Å². The highest BCUT2D eigenvalue weighted by molar-refractivity contribution is 8.00. The molecule has 0 spiro atoms. The fraction of sp³-hybridized carbons (Fsp3) is 0.625. The molecule has 0 aliphatic rings. The minimum atomic E-state index is 0.0238. The first-order valence-corrected chi connectivity index (χ1v) is 6.47. The molecule has 0 saturated carbocycles. The van der Waals surface area contributed by atoms with Crippen molar-refractivity contribution in [2.24, 2.45) is 0 Å². The third-order valence-electron chi connectivity index (χ3n) is 1.58. The summed E-state index contributed by atoms with van der Waals surface area (Å²) < 4.78 is 0.871. The van der Waals surface area contributed by atoms with Gasteiger partial charge in [0.1, 0.15) is 0 Å². The highest BCUT2D eigenvalue weighted by atomic mass is 32.2. The Hall–Kier alpha value is -0.620. The third-order valence-corrected chi connectivity index (χ3v) is 3.40. The van der Waals surface area contributed by atoms with Crippen LogP contribution in [0.5, 0.6) is 0 Å². The van der Waals surface area contributed by atoms with Crippen LogP contribution in [0.25, 0.3) is 0 Å². The molecule has 0 bridgehead atoms. The Morgan fingerprint density at radius 3 is 2.93 bits per heavy atom. The van der Waals surface area contributed by atoms with Crippen molar-refractivity contribution in [1.29, 1.82) is 0 Å². The van der Waals surface area contributed by atoms with Crippen LogP contribution in [0.2, 0.25) is 0 Å². The second-order valence-electron chi connectivity index (χ2n) is 2.73. The Balaban J connectivity index is 2.39. The van der Waals surface area contributed by atoms with Gasteiger partial charge in [0.2, 0.25) is 11.0 Å². The Morgan fingerprint density at radius 2 is 2.36 bits per heavy atom. The number of thioether (sulfide) groups is 1. The standard InChI is InChI=1S/C8H13N3OS2/c1-3-4-5-6(12)9-7-10-11-8(13-2)14-7/h3-5H2,1-2H3,(H,9,10,12). The summed E-state index contributed by atoms with van der Waals surface area (Å²) in [4.78, 5) is 11.3. The molecule has 0 unspecified atom stereocenters. The summed E-state index contributed by atoms with van der Waals surface area (Å²) in [5.74, 6) is 0.0238. The number of hydrogen-bond donors (Lipinski definition) is 1. The smallest absolute Gasteiger partial charge is 0.226 e. The van der Waals surface area contributed by atoms with Crippen molar-refractivity contribution < 1.29 is 4.79 Å². The van der Waals surface area contributed by atoms with Crippen molar-refractivity contribution in [3.05, 3.63) is 0 Å². The second kappa shape index (κ2) is 5.98. The molecule has 6 heteroatoms. The number of rotatable bonds is 5. The maximum absolute atomic E-state index is 11.3. The number of anilines is 1. The van der Waals surface area contributed by atoms with Crippen molar-refractivity contribution in [2.75, 3.05) is 11.6 Å². The lowest BCUT2D eigenvalue weighted by molar-refractivity contribution is -0.116. The number of carbonyl (C=O) groups excluding carboxylic acids is 1. The molecule has 14 heavy (non-hydrogen) atoms. The molecule has 4 nitrogen and oxygen atoms in total. The molecule has 0 aromatic carbocycles. The Bertz CT molecular complexity index is 301. The Kier molecular flexibility index (Phi) is 4.89. The zero-order valence-corrected chi connectivity index (χ0v) is 9.87. The van der Waals surface area contributed by atoms with Gasteiger partial charge in [0, 0.05) is 6.42 Å². The van der Waals surface area contributed by atoms with Gasteiger partial charge in [-0.25, -0.2) is 0 Å². The van der Waals surface area contributed by atoms with E-state index in [0.29, 0.717) is 11.6 Å². The quantitative estimate of drug-likeness (QED) is 0.624. The molecule has 78 valence electrons. The number of nitrogens with one attached hydrogen (secondary N) is 1. The molecule has 0 saturated heterocycles. The summed E-state index contributed by atoms with van der Waals surface area (Å²) >= 11 is 2.93. The van der Waals surface area contributed by atoms with Gasteiger partial charge >= 0.3 is 0 Å². The molecular weight excluding hydrogens is 218 g/mol. The van der Waals surface area contributed by atoms with Crippen molar-refractivity contribution in [2.45, 2.75) is 30.5 Å². The molecular formula is C8H13N3OS2. The number of carbonyl (C=O) groups is 1. The van der Waals surface area contributed by atoms with Crippen LogP contribution in [0.4, 0.5) is 5.13 Å². The molecule has 1 heterocycles. The monoisotopic (exact) mass is 231 g/mol. The van der Waals surface area contributed by atoms with E-state index in [-0.39, 0.29) is 5.91 Å². The van der Waals surface area contributed by atoms with Gasteiger partial charge in [-0.3, -0.25) is 4.79 Å². The van der Waals surface area contributed by atoms with E-state index in [1.165, 1.54) is 23.1 Å².